The standard InChI is InChI=1S/C24H28N6O2/c31-24(29-11-13-32-14-12-29)17-3-2-10-30(15-17)21-9-8-20-23(27-21)28-22(26-20)19-5-1-4-18(25-19)16-6-7-16/h1,4-5,8-9,16-17H,2-3,6-7,10-15H2,(H,26,27,28)/t17-/m1/s1. The molecular formula is C24H28N6O2. The number of fused-ring (bicyclic) bond motifs is 1. The lowest BCUT2D eigenvalue weighted by molar-refractivity contribution is -0.139. The number of aromatic nitrogens is 4. The van der Waals surface area contributed by atoms with Gasteiger partial charge in [0.2, 0.25) is 5.91 Å². The first-order valence-electron chi connectivity index (χ1n) is 11.7. The summed E-state index contributed by atoms with van der Waals surface area (Å²) in [6.45, 7) is 4.29. The first-order valence-corrected chi connectivity index (χ1v) is 11.7. The predicted molar refractivity (Wildman–Crippen MR) is 121 cm³/mol. The Morgan fingerprint density at radius 3 is 2.72 bits per heavy atom. The molecule has 2 saturated heterocycles. The van der Waals surface area contributed by atoms with Crippen molar-refractivity contribution in [3.63, 3.8) is 0 Å². The van der Waals surface area contributed by atoms with E-state index in [9.17, 15) is 4.79 Å². The molecule has 0 spiro atoms. The number of rotatable bonds is 4. The van der Waals surface area contributed by atoms with Crippen LogP contribution in [0.3, 0.4) is 0 Å². The molecule has 5 heterocycles. The highest BCUT2D eigenvalue weighted by Crippen LogP contribution is 2.39. The molecule has 8 nitrogen and oxygen atoms in total. The largest absolute Gasteiger partial charge is 0.378 e. The number of nitrogens with one attached hydrogen (secondary N) is 1. The van der Waals surface area contributed by atoms with Gasteiger partial charge in [-0.1, -0.05) is 6.07 Å². The van der Waals surface area contributed by atoms with Crippen LogP contribution in [0.1, 0.15) is 37.3 Å². The molecule has 3 aromatic rings. The molecule has 1 atom stereocenters. The van der Waals surface area contributed by atoms with E-state index in [0.717, 1.165) is 47.9 Å². The van der Waals surface area contributed by atoms with Gasteiger partial charge in [-0.25, -0.2) is 15.0 Å². The molecule has 3 aliphatic rings. The normalized spacial score (nSPS) is 21.8. The molecule has 2 aliphatic heterocycles. The number of nitrogens with zero attached hydrogens (tertiary/aromatic N) is 5. The Morgan fingerprint density at radius 2 is 1.88 bits per heavy atom. The van der Waals surface area contributed by atoms with Gasteiger partial charge in [0, 0.05) is 37.8 Å². The van der Waals surface area contributed by atoms with Gasteiger partial charge in [0.15, 0.2) is 11.5 Å². The number of amides is 1. The number of carbonyl (C=O) groups excluding carboxylic acids is 1. The third-order valence-electron chi connectivity index (χ3n) is 6.76. The van der Waals surface area contributed by atoms with Gasteiger partial charge in [-0.3, -0.25) is 4.79 Å². The van der Waals surface area contributed by atoms with E-state index < -0.39 is 0 Å². The van der Waals surface area contributed by atoms with Crippen molar-refractivity contribution < 1.29 is 9.53 Å². The maximum absolute atomic E-state index is 13.0. The first-order chi connectivity index (χ1) is 15.7. The highest BCUT2D eigenvalue weighted by molar-refractivity contribution is 5.80. The van der Waals surface area contributed by atoms with Crippen molar-refractivity contribution in [3.05, 3.63) is 36.0 Å². The second kappa shape index (κ2) is 8.16. The van der Waals surface area contributed by atoms with Gasteiger partial charge in [0.05, 0.1) is 24.6 Å². The summed E-state index contributed by atoms with van der Waals surface area (Å²) in [7, 11) is 0. The molecule has 1 saturated carbocycles. The molecule has 1 amide bonds. The van der Waals surface area contributed by atoms with Gasteiger partial charge in [-0.2, -0.15) is 0 Å². The van der Waals surface area contributed by atoms with Crippen LogP contribution in [0.25, 0.3) is 22.7 Å². The molecule has 3 aromatic heterocycles. The highest BCUT2D eigenvalue weighted by atomic mass is 16.5. The number of pyridine rings is 2. The fraction of sp³-hybridized carbons (Fsp3) is 0.500. The molecule has 3 fully saturated rings. The van der Waals surface area contributed by atoms with Crippen molar-refractivity contribution in [1.82, 2.24) is 24.8 Å². The van der Waals surface area contributed by atoms with Gasteiger partial charge in [0.25, 0.3) is 0 Å². The number of ether oxygens (including phenoxy) is 1. The number of hydrogen-bond donors (Lipinski definition) is 1. The van der Waals surface area contributed by atoms with E-state index in [4.69, 9.17) is 19.7 Å². The van der Waals surface area contributed by atoms with Gasteiger partial charge >= 0.3 is 0 Å². The molecule has 0 radical (unpaired) electrons. The lowest BCUT2D eigenvalue weighted by atomic mass is 9.96. The first kappa shape index (κ1) is 19.7. The molecule has 0 aromatic carbocycles. The van der Waals surface area contributed by atoms with E-state index in [1.54, 1.807) is 0 Å². The maximum atomic E-state index is 13.0. The Balaban J connectivity index is 1.21. The Bertz CT molecular complexity index is 1130. The molecule has 8 heteroatoms. The van der Waals surface area contributed by atoms with Gasteiger partial charge in [0.1, 0.15) is 11.5 Å². The van der Waals surface area contributed by atoms with Crippen LogP contribution in [0.2, 0.25) is 0 Å². The Morgan fingerprint density at radius 1 is 1.00 bits per heavy atom. The van der Waals surface area contributed by atoms with Crippen LogP contribution < -0.4 is 4.90 Å². The Hall–Kier alpha value is -3.00. The van der Waals surface area contributed by atoms with E-state index in [-0.39, 0.29) is 11.8 Å². The number of anilines is 1. The summed E-state index contributed by atoms with van der Waals surface area (Å²) in [4.78, 5) is 34.9. The quantitative estimate of drug-likeness (QED) is 0.682. The second-order valence-corrected chi connectivity index (χ2v) is 9.07. The van der Waals surface area contributed by atoms with Crippen molar-refractivity contribution in [1.29, 1.82) is 0 Å². The van der Waals surface area contributed by atoms with Crippen molar-refractivity contribution >= 4 is 22.9 Å². The van der Waals surface area contributed by atoms with Crippen molar-refractivity contribution in [2.24, 2.45) is 5.92 Å². The zero-order valence-electron chi connectivity index (χ0n) is 18.2. The average Bonchev–Trinajstić information content (AvgIpc) is 3.62. The fourth-order valence-electron chi connectivity index (χ4n) is 4.80. The number of morpholine rings is 1. The van der Waals surface area contributed by atoms with Crippen LogP contribution in [-0.2, 0) is 9.53 Å². The maximum Gasteiger partial charge on any atom is 0.227 e. The van der Waals surface area contributed by atoms with Crippen LogP contribution in [0.4, 0.5) is 5.82 Å². The molecular weight excluding hydrogens is 404 g/mol. The molecule has 166 valence electrons. The Kier molecular flexibility index (Phi) is 5.02. The molecule has 0 unspecified atom stereocenters. The minimum atomic E-state index is 0.0171. The number of imidazole rings is 1. The summed E-state index contributed by atoms with van der Waals surface area (Å²) in [5.74, 6) is 2.52. The minimum Gasteiger partial charge on any atom is -0.378 e. The van der Waals surface area contributed by atoms with Crippen LogP contribution >= 0.6 is 0 Å². The Labute approximate surface area is 187 Å². The van der Waals surface area contributed by atoms with Crippen molar-refractivity contribution in [3.8, 4) is 11.5 Å². The van der Waals surface area contributed by atoms with E-state index >= 15 is 0 Å². The number of aromatic amines is 1. The fourth-order valence-corrected chi connectivity index (χ4v) is 4.80. The molecule has 0 bridgehead atoms. The molecule has 1 aliphatic carbocycles. The molecule has 32 heavy (non-hydrogen) atoms. The third kappa shape index (κ3) is 3.83. The lowest BCUT2D eigenvalue weighted by Crippen LogP contribution is -2.48. The monoisotopic (exact) mass is 432 g/mol. The van der Waals surface area contributed by atoms with Crippen LogP contribution in [0.15, 0.2) is 30.3 Å². The number of H-pyrrole nitrogens is 1. The average molecular weight is 433 g/mol. The van der Waals surface area contributed by atoms with Gasteiger partial charge < -0.3 is 19.5 Å². The summed E-state index contributed by atoms with van der Waals surface area (Å²) in [6.07, 6.45) is 4.38. The van der Waals surface area contributed by atoms with Gasteiger partial charge in [-0.15, -0.1) is 0 Å². The minimum absolute atomic E-state index is 0.0171. The van der Waals surface area contributed by atoms with E-state index in [1.165, 1.54) is 12.8 Å². The number of hydrogen-bond acceptors (Lipinski definition) is 6. The zero-order chi connectivity index (χ0) is 21.5. The lowest BCUT2D eigenvalue weighted by Gasteiger charge is -2.36. The number of piperidine rings is 1. The second-order valence-electron chi connectivity index (χ2n) is 9.07. The van der Waals surface area contributed by atoms with E-state index in [1.807, 2.05) is 23.1 Å². The predicted octanol–water partition coefficient (Wildman–Crippen LogP) is 2.97. The van der Waals surface area contributed by atoms with Crippen LogP contribution in [-0.4, -0.2) is 70.1 Å². The summed E-state index contributed by atoms with van der Waals surface area (Å²) in [5.41, 5.74) is 3.61. The summed E-state index contributed by atoms with van der Waals surface area (Å²) >= 11 is 0. The van der Waals surface area contributed by atoms with Crippen molar-refractivity contribution in [2.75, 3.05) is 44.3 Å². The molecule has 6 rings (SSSR count). The van der Waals surface area contributed by atoms with Crippen molar-refractivity contribution in [2.45, 2.75) is 31.6 Å². The smallest absolute Gasteiger partial charge is 0.227 e. The van der Waals surface area contributed by atoms with Crippen LogP contribution in [0, 0.1) is 5.92 Å². The SMILES string of the molecule is O=C([C@@H]1CCCN(c2ccc3[nH]c(-c4cccc(C5CC5)n4)nc3n2)C1)N1CCOCC1. The third-order valence-corrected chi connectivity index (χ3v) is 6.76. The van der Waals surface area contributed by atoms with Gasteiger partial charge in [-0.05, 0) is 49.9 Å². The van der Waals surface area contributed by atoms with E-state index in [0.29, 0.717) is 44.4 Å². The van der Waals surface area contributed by atoms with E-state index in [2.05, 4.69) is 22.0 Å². The topological polar surface area (TPSA) is 87.2 Å². The number of carbonyl (C=O) groups is 1. The molecule has 1 N–H and O–H groups in total. The highest BCUT2D eigenvalue weighted by Gasteiger charge is 2.31. The zero-order valence-corrected chi connectivity index (χ0v) is 18.2. The summed E-state index contributed by atoms with van der Waals surface area (Å²) in [6, 6.07) is 10.2. The summed E-state index contributed by atoms with van der Waals surface area (Å²) < 4.78 is 5.39. The van der Waals surface area contributed by atoms with Crippen LogP contribution in [0.5, 0.6) is 0 Å². The summed E-state index contributed by atoms with van der Waals surface area (Å²) in [5, 5.41) is 0.